The number of allylic oxidation sites excluding steroid dienone is 1. The first kappa shape index (κ1) is 17.6. The Balaban J connectivity index is 1.93. The van der Waals surface area contributed by atoms with E-state index in [1.165, 1.54) is 5.56 Å². The molecule has 0 fully saturated rings. The number of benzene rings is 2. The molecule has 1 atom stereocenters. The number of amides is 1. The number of aryl methyl sites for hydroxylation is 1. The van der Waals surface area contributed by atoms with Crippen LogP contribution in [0.4, 0.5) is 5.69 Å². The monoisotopic (exact) mass is 442 g/mol. The van der Waals surface area contributed by atoms with Crippen molar-refractivity contribution in [2.24, 2.45) is 0 Å². The average Bonchev–Trinajstić information content (AvgIpc) is 2.63. The molecule has 0 bridgehead atoms. The van der Waals surface area contributed by atoms with Gasteiger partial charge in [0, 0.05) is 15.2 Å². The zero-order valence-electron chi connectivity index (χ0n) is 14.0. The maximum absolute atomic E-state index is 12.9. The molecule has 0 saturated heterocycles. The Labute approximate surface area is 161 Å². The number of rotatable bonds is 5. The Morgan fingerprint density at radius 2 is 2.00 bits per heavy atom. The fourth-order valence-corrected chi connectivity index (χ4v) is 3.43. The molecule has 1 heterocycles. The Bertz CT molecular complexity index is 919. The summed E-state index contributed by atoms with van der Waals surface area (Å²) in [5.74, 6) is -0.312. The lowest BCUT2D eigenvalue weighted by Crippen LogP contribution is -2.21. The van der Waals surface area contributed by atoms with Crippen molar-refractivity contribution in [1.82, 2.24) is 4.98 Å². The SMILES string of the molecule is C=CCC(C(=O)Nc1ccc(I)c2cccnc12)c1ccc(C)cc1. The van der Waals surface area contributed by atoms with Crippen molar-refractivity contribution in [3.8, 4) is 0 Å². The second-order valence-electron chi connectivity index (χ2n) is 5.97. The third-order valence-electron chi connectivity index (χ3n) is 4.17. The van der Waals surface area contributed by atoms with Crippen LogP contribution in [0.25, 0.3) is 10.9 Å². The number of carbonyl (C=O) groups is 1. The van der Waals surface area contributed by atoms with Crippen LogP contribution in [0.2, 0.25) is 0 Å². The zero-order valence-corrected chi connectivity index (χ0v) is 16.2. The highest BCUT2D eigenvalue weighted by atomic mass is 127. The van der Waals surface area contributed by atoms with Crippen molar-refractivity contribution in [3.63, 3.8) is 0 Å². The largest absolute Gasteiger partial charge is 0.324 e. The predicted molar refractivity (Wildman–Crippen MR) is 112 cm³/mol. The number of pyridine rings is 1. The van der Waals surface area contributed by atoms with E-state index in [1.54, 1.807) is 12.3 Å². The molecule has 3 aromatic rings. The van der Waals surface area contributed by atoms with Gasteiger partial charge >= 0.3 is 0 Å². The topological polar surface area (TPSA) is 42.0 Å². The summed E-state index contributed by atoms with van der Waals surface area (Å²) in [6.45, 7) is 5.84. The summed E-state index contributed by atoms with van der Waals surface area (Å²) in [7, 11) is 0. The lowest BCUT2D eigenvalue weighted by Gasteiger charge is -2.17. The van der Waals surface area contributed by atoms with Crippen molar-refractivity contribution in [2.75, 3.05) is 5.32 Å². The van der Waals surface area contributed by atoms with Gasteiger partial charge in [0.15, 0.2) is 0 Å². The molecular weight excluding hydrogens is 423 g/mol. The van der Waals surface area contributed by atoms with Crippen LogP contribution in [0.5, 0.6) is 0 Å². The van der Waals surface area contributed by atoms with Crippen molar-refractivity contribution in [1.29, 1.82) is 0 Å². The molecule has 3 nitrogen and oxygen atoms in total. The zero-order chi connectivity index (χ0) is 17.8. The van der Waals surface area contributed by atoms with Gasteiger partial charge in [-0.15, -0.1) is 6.58 Å². The van der Waals surface area contributed by atoms with Gasteiger partial charge in [0.05, 0.1) is 17.1 Å². The van der Waals surface area contributed by atoms with Crippen LogP contribution < -0.4 is 5.32 Å². The lowest BCUT2D eigenvalue weighted by atomic mass is 9.94. The summed E-state index contributed by atoms with van der Waals surface area (Å²) < 4.78 is 1.11. The molecule has 1 aromatic heterocycles. The molecule has 0 radical (unpaired) electrons. The molecule has 4 heteroatoms. The molecule has 0 spiro atoms. The molecule has 1 amide bonds. The average molecular weight is 442 g/mol. The van der Waals surface area contributed by atoms with Gasteiger partial charge in [0.25, 0.3) is 0 Å². The van der Waals surface area contributed by atoms with Gasteiger partial charge in [-0.25, -0.2) is 0 Å². The van der Waals surface area contributed by atoms with Crippen LogP contribution in [0.1, 0.15) is 23.5 Å². The fraction of sp³-hybridized carbons (Fsp3) is 0.143. The van der Waals surface area contributed by atoms with Crippen LogP contribution in [-0.4, -0.2) is 10.9 Å². The molecule has 0 aliphatic heterocycles. The van der Waals surface area contributed by atoms with Gasteiger partial charge in [-0.1, -0.05) is 42.0 Å². The summed E-state index contributed by atoms with van der Waals surface area (Å²) in [6, 6.07) is 15.9. The summed E-state index contributed by atoms with van der Waals surface area (Å²) in [4.78, 5) is 17.4. The highest BCUT2D eigenvalue weighted by Gasteiger charge is 2.20. The highest BCUT2D eigenvalue weighted by Crippen LogP contribution is 2.28. The summed E-state index contributed by atoms with van der Waals surface area (Å²) in [5.41, 5.74) is 3.71. The van der Waals surface area contributed by atoms with Gasteiger partial charge in [-0.2, -0.15) is 0 Å². The number of hydrogen-bond acceptors (Lipinski definition) is 2. The summed E-state index contributed by atoms with van der Waals surface area (Å²) in [6.07, 6.45) is 4.12. The lowest BCUT2D eigenvalue weighted by molar-refractivity contribution is -0.117. The molecule has 2 aromatic carbocycles. The van der Waals surface area contributed by atoms with Crippen molar-refractivity contribution >= 4 is 45.1 Å². The first-order valence-corrected chi connectivity index (χ1v) is 9.19. The minimum Gasteiger partial charge on any atom is -0.324 e. The van der Waals surface area contributed by atoms with Crippen LogP contribution >= 0.6 is 22.6 Å². The van der Waals surface area contributed by atoms with E-state index in [2.05, 4.69) is 39.5 Å². The van der Waals surface area contributed by atoms with E-state index in [1.807, 2.05) is 55.5 Å². The molecular formula is C21H19IN2O. The first-order chi connectivity index (χ1) is 12.1. The van der Waals surface area contributed by atoms with E-state index < -0.39 is 0 Å². The minimum absolute atomic E-state index is 0.0445. The van der Waals surface area contributed by atoms with Gasteiger partial charge in [0.1, 0.15) is 0 Å². The number of halogens is 1. The van der Waals surface area contributed by atoms with Gasteiger partial charge in [0.2, 0.25) is 5.91 Å². The van der Waals surface area contributed by atoms with E-state index in [9.17, 15) is 4.79 Å². The maximum atomic E-state index is 12.9. The summed E-state index contributed by atoms with van der Waals surface area (Å²) >= 11 is 2.28. The predicted octanol–water partition coefficient (Wildman–Crippen LogP) is 5.45. The number of anilines is 1. The number of nitrogens with zero attached hydrogens (tertiary/aromatic N) is 1. The highest BCUT2D eigenvalue weighted by molar-refractivity contribution is 14.1. The van der Waals surface area contributed by atoms with E-state index in [-0.39, 0.29) is 11.8 Å². The standard InChI is InChI=1S/C21H19IN2O/c1-3-5-16(15-9-7-14(2)8-10-15)21(25)24-19-12-11-18(22)17-6-4-13-23-20(17)19/h3-4,6-13,16H,1,5H2,2H3,(H,24,25). The molecule has 0 aliphatic rings. The van der Waals surface area contributed by atoms with E-state index >= 15 is 0 Å². The maximum Gasteiger partial charge on any atom is 0.232 e. The Morgan fingerprint density at radius 3 is 2.72 bits per heavy atom. The van der Waals surface area contributed by atoms with Gasteiger partial charge < -0.3 is 5.32 Å². The number of aromatic nitrogens is 1. The Hall–Kier alpha value is -2.21. The third-order valence-corrected chi connectivity index (χ3v) is 5.11. The molecule has 1 unspecified atom stereocenters. The second-order valence-corrected chi connectivity index (χ2v) is 7.13. The van der Waals surface area contributed by atoms with Crippen molar-refractivity contribution < 1.29 is 4.79 Å². The summed E-state index contributed by atoms with van der Waals surface area (Å²) in [5, 5.41) is 4.10. The van der Waals surface area contributed by atoms with E-state index in [0.717, 1.165) is 25.7 Å². The smallest absolute Gasteiger partial charge is 0.232 e. The molecule has 1 N–H and O–H groups in total. The van der Waals surface area contributed by atoms with Gasteiger partial charge in [-0.3, -0.25) is 9.78 Å². The molecule has 25 heavy (non-hydrogen) atoms. The Morgan fingerprint density at radius 1 is 1.24 bits per heavy atom. The second kappa shape index (κ2) is 7.78. The Kier molecular flexibility index (Phi) is 5.48. The molecule has 3 rings (SSSR count). The fourth-order valence-electron chi connectivity index (χ4n) is 2.82. The van der Waals surface area contributed by atoms with Crippen LogP contribution in [0.15, 0.2) is 67.4 Å². The normalized spacial score (nSPS) is 11.9. The first-order valence-electron chi connectivity index (χ1n) is 8.11. The number of carbonyl (C=O) groups excluding carboxylic acids is 1. The van der Waals surface area contributed by atoms with E-state index in [4.69, 9.17) is 0 Å². The van der Waals surface area contributed by atoms with Crippen molar-refractivity contribution in [3.05, 3.63) is 82.1 Å². The van der Waals surface area contributed by atoms with Crippen LogP contribution in [0.3, 0.4) is 0 Å². The molecule has 126 valence electrons. The number of hydrogen-bond donors (Lipinski definition) is 1. The number of fused-ring (bicyclic) bond motifs is 1. The third kappa shape index (κ3) is 3.90. The molecule has 0 aliphatic carbocycles. The van der Waals surface area contributed by atoms with E-state index in [0.29, 0.717) is 6.42 Å². The van der Waals surface area contributed by atoms with Crippen LogP contribution in [0, 0.1) is 10.5 Å². The molecule has 0 saturated carbocycles. The minimum atomic E-state index is -0.267. The van der Waals surface area contributed by atoms with Crippen LogP contribution in [-0.2, 0) is 4.79 Å². The number of nitrogens with one attached hydrogen (secondary N) is 1. The van der Waals surface area contributed by atoms with Crippen molar-refractivity contribution in [2.45, 2.75) is 19.3 Å². The quantitative estimate of drug-likeness (QED) is 0.422. The van der Waals surface area contributed by atoms with Gasteiger partial charge in [-0.05, 0) is 59.7 Å².